The minimum atomic E-state index is -0.362. The Kier molecular flexibility index (Phi) is 4.49. The van der Waals surface area contributed by atoms with E-state index in [9.17, 15) is 4.39 Å². The third-order valence-electron chi connectivity index (χ3n) is 5.04. The number of aromatic nitrogens is 3. The quantitative estimate of drug-likeness (QED) is 0.659. The summed E-state index contributed by atoms with van der Waals surface area (Å²) in [4.78, 5) is 9.10. The third kappa shape index (κ3) is 2.89. The SMILES string of the molecule is CCCCOc1cc(-c2nc(C3CCC3)n3ccnc(N)c23)ccc1F. The van der Waals surface area contributed by atoms with E-state index in [1.807, 2.05) is 10.6 Å². The summed E-state index contributed by atoms with van der Waals surface area (Å²) in [6, 6.07) is 4.86. The van der Waals surface area contributed by atoms with E-state index >= 15 is 0 Å². The van der Waals surface area contributed by atoms with Crippen LogP contribution in [0.25, 0.3) is 16.8 Å². The zero-order valence-corrected chi connectivity index (χ0v) is 14.9. The van der Waals surface area contributed by atoms with Crippen LogP contribution in [0.15, 0.2) is 30.6 Å². The Morgan fingerprint density at radius 3 is 2.92 bits per heavy atom. The fraction of sp³-hybridized carbons (Fsp3) is 0.400. The van der Waals surface area contributed by atoms with Gasteiger partial charge in [0.05, 0.1) is 6.61 Å². The van der Waals surface area contributed by atoms with E-state index in [0.29, 0.717) is 18.3 Å². The van der Waals surface area contributed by atoms with Gasteiger partial charge in [-0.25, -0.2) is 14.4 Å². The van der Waals surface area contributed by atoms with Crippen molar-refractivity contribution in [3.63, 3.8) is 0 Å². The first-order valence-electron chi connectivity index (χ1n) is 9.24. The predicted molar refractivity (Wildman–Crippen MR) is 99.8 cm³/mol. The molecule has 4 rings (SSSR count). The topological polar surface area (TPSA) is 65.4 Å². The van der Waals surface area contributed by atoms with Crippen LogP contribution in [0.5, 0.6) is 5.75 Å². The van der Waals surface area contributed by atoms with Crippen molar-refractivity contribution in [2.24, 2.45) is 0 Å². The highest BCUT2D eigenvalue weighted by Gasteiger charge is 2.27. The molecule has 3 aromatic rings. The number of imidazole rings is 1. The zero-order chi connectivity index (χ0) is 18.1. The molecule has 1 aliphatic rings. The van der Waals surface area contributed by atoms with Crippen LogP contribution in [0, 0.1) is 5.82 Å². The second-order valence-electron chi connectivity index (χ2n) is 6.82. The summed E-state index contributed by atoms with van der Waals surface area (Å²) in [6.07, 6.45) is 8.98. The number of hydrogen-bond donors (Lipinski definition) is 1. The van der Waals surface area contributed by atoms with Gasteiger partial charge in [-0.1, -0.05) is 19.8 Å². The highest BCUT2D eigenvalue weighted by Crippen LogP contribution is 2.39. The van der Waals surface area contributed by atoms with Gasteiger partial charge in [-0.05, 0) is 37.5 Å². The van der Waals surface area contributed by atoms with E-state index in [-0.39, 0.29) is 11.6 Å². The molecular formula is C20H23FN4O. The summed E-state index contributed by atoms with van der Waals surface area (Å²) in [7, 11) is 0. The lowest BCUT2D eigenvalue weighted by atomic mass is 9.85. The summed E-state index contributed by atoms with van der Waals surface area (Å²) in [6.45, 7) is 2.57. The Bertz CT molecular complexity index is 933. The van der Waals surface area contributed by atoms with Crippen molar-refractivity contribution in [1.82, 2.24) is 14.4 Å². The lowest BCUT2D eigenvalue weighted by Crippen LogP contribution is -2.12. The molecule has 0 atom stereocenters. The predicted octanol–water partition coefficient (Wildman–Crippen LogP) is 4.56. The number of unbranched alkanes of at least 4 members (excludes halogenated alkanes) is 1. The van der Waals surface area contributed by atoms with Gasteiger partial charge in [0.15, 0.2) is 11.6 Å². The summed E-state index contributed by atoms with van der Waals surface area (Å²) in [5.41, 5.74) is 8.46. The van der Waals surface area contributed by atoms with E-state index in [2.05, 4.69) is 11.9 Å². The molecule has 0 saturated heterocycles. The van der Waals surface area contributed by atoms with Crippen LogP contribution in [-0.4, -0.2) is 21.0 Å². The van der Waals surface area contributed by atoms with Crippen molar-refractivity contribution in [2.75, 3.05) is 12.3 Å². The molecular weight excluding hydrogens is 331 g/mol. The molecule has 0 aliphatic heterocycles. The fourth-order valence-electron chi connectivity index (χ4n) is 3.33. The maximum atomic E-state index is 14.1. The minimum Gasteiger partial charge on any atom is -0.490 e. The monoisotopic (exact) mass is 354 g/mol. The molecule has 2 N–H and O–H groups in total. The molecule has 0 bridgehead atoms. The number of halogens is 1. The number of nitrogens with two attached hydrogens (primary N) is 1. The molecule has 26 heavy (non-hydrogen) atoms. The Balaban J connectivity index is 1.80. The van der Waals surface area contributed by atoms with Crippen molar-refractivity contribution < 1.29 is 9.13 Å². The Morgan fingerprint density at radius 2 is 2.19 bits per heavy atom. The number of fused-ring (bicyclic) bond motifs is 1. The van der Waals surface area contributed by atoms with Crippen molar-refractivity contribution in [2.45, 2.75) is 44.9 Å². The smallest absolute Gasteiger partial charge is 0.165 e. The maximum absolute atomic E-state index is 14.1. The van der Waals surface area contributed by atoms with Crippen molar-refractivity contribution in [1.29, 1.82) is 0 Å². The average molecular weight is 354 g/mol. The van der Waals surface area contributed by atoms with E-state index in [0.717, 1.165) is 48.3 Å². The summed E-state index contributed by atoms with van der Waals surface area (Å²) >= 11 is 0. The molecule has 1 aromatic carbocycles. The van der Waals surface area contributed by atoms with Gasteiger partial charge < -0.3 is 10.5 Å². The molecule has 1 aliphatic carbocycles. The number of anilines is 1. The van der Waals surface area contributed by atoms with E-state index < -0.39 is 0 Å². The zero-order valence-electron chi connectivity index (χ0n) is 14.9. The van der Waals surface area contributed by atoms with Crippen molar-refractivity contribution >= 4 is 11.3 Å². The number of nitrogens with zero attached hydrogens (tertiary/aromatic N) is 3. The molecule has 2 heterocycles. The number of benzene rings is 1. The van der Waals surface area contributed by atoms with Gasteiger partial charge in [0.2, 0.25) is 0 Å². The normalized spacial score (nSPS) is 14.5. The highest BCUT2D eigenvalue weighted by molar-refractivity contribution is 5.85. The van der Waals surface area contributed by atoms with Gasteiger partial charge in [-0.2, -0.15) is 0 Å². The van der Waals surface area contributed by atoms with Crippen LogP contribution in [0.3, 0.4) is 0 Å². The number of ether oxygens (including phenoxy) is 1. The fourth-order valence-corrected chi connectivity index (χ4v) is 3.33. The third-order valence-corrected chi connectivity index (χ3v) is 5.04. The van der Waals surface area contributed by atoms with Gasteiger partial charge in [-0.15, -0.1) is 0 Å². The Morgan fingerprint density at radius 1 is 1.35 bits per heavy atom. The number of rotatable bonds is 6. The van der Waals surface area contributed by atoms with Crippen molar-refractivity contribution in [3.8, 4) is 17.0 Å². The molecule has 1 fully saturated rings. The van der Waals surface area contributed by atoms with Gasteiger partial charge >= 0.3 is 0 Å². The molecule has 0 unspecified atom stereocenters. The van der Waals surface area contributed by atoms with E-state index in [4.69, 9.17) is 15.5 Å². The van der Waals surface area contributed by atoms with Crippen LogP contribution in [0.2, 0.25) is 0 Å². The van der Waals surface area contributed by atoms with E-state index in [1.54, 1.807) is 18.3 Å². The number of nitrogen functional groups attached to an aromatic ring is 1. The molecule has 6 heteroatoms. The number of hydrogen-bond acceptors (Lipinski definition) is 4. The van der Waals surface area contributed by atoms with Crippen LogP contribution >= 0.6 is 0 Å². The van der Waals surface area contributed by atoms with Gasteiger partial charge in [0.1, 0.15) is 22.9 Å². The van der Waals surface area contributed by atoms with Crippen LogP contribution in [0.1, 0.15) is 50.8 Å². The molecule has 1 saturated carbocycles. The Hall–Kier alpha value is -2.63. The molecule has 0 radical (unpaired) electrons. The molecule has 136 valence electrons. The molecule has 2 aromatic heterocycles. The van der Waals surface area contributed by atoms with Gasteiger partial charge in [-0.3, -0.25) is 4.40 Å². The molecule has 5 nitrogen and oxygen atoms in total. The maximum Gasteiger partial charge on any atom is 0.165 e. The van der Waals surface area contributed by atoms with Gasteiger partial charge in [0, 0.05) is 23.9 Å². The second kappa shape index (κ2) is 6.94. The van der Waals surface area contributed by atoms with Crippen LogP contribution in [-0.2, 0) is 0 Å². The van der Waals surface area contributed by atoms with E-state index in [1.165, 1.54) is 12.5 Å². The minimum absolute atomic E-state index is 0.254. The summed E-state index contributed by atoms with van der Waals surface area (Å²) in [5.74, 6) is 1.77. The molecule has 0 amide bonds. The standard InChI is InChI=1S/C20H23FN4O/c1-2-3-11-26-16-12-14(7-8-15(16)21)17-18-19(22)23-9-10-25(18)20(24-17)13-5-4-6-13/h7-10,12-13H,2-6,11H2,1H3,(H2,22,23). The van der Waals surface area contributed by atoms with Crippen molar-refractivity contribution in [3.05, 3.63) is 42.2 Å². The average Bonchev–Trinajstić information content (AvgIpc) is 2.96. The first kappa shape index (κ1) is 16.8. The lowest BCUT2D eigenvalue weighted by Gasteiger charge is -2.23. The second-order valence-corrected chi connectivity index (χ2v) is 6.82. The first-order valence-corrected chi connectivity index (χ1v) is 9.24. The van der Waals surface area contributed by atoms with Gasteiger partial charge in [0.25, 0.3) is 0 Å². The summed E-state index contributed by atoms with van der Waals surface area (Å²) < 4.78 is 21.8. The lowest BCUT2D eigenvalue weighted by molar-refractivity contribution is 0.294. The summed E-state index contributed by atoms with van der Waals surface area (Å²) in [5, 5.41) is 0. The first-order chi connectivity index (χ1) is 12.7. The molecule has 0 spiro atoms. The Labute approximate surface area is 152 Å². The largest absolute Gasteiger partial charge is 0.490 e. The highest BCUT2D eigenvalue weighted by atomic mass is 19.1. The van der Waals surface area contributed by atoms with Crippen LogP contribution in [0.4, 0.5) is 10.2 Å². The van der Waals surface area contributed by atoms with Crippen LogP contribution < -0.4 is 10.5 Å².